The molecule has 12 heavy (non-hydrogen) atoms. The summed E-state index contributed by atoms with van der Waals surface area (Å²) in [6, 6.07) is 1.68. The summed E-state index contributed by atoms with van der Waals surface area (Å²) in [4.78, 5) is 3.71. The molecule has 1 aliphatic rings. The average molecular weight is 169 g/mol. The average Bonchev–Trinajstić information content (AvgIpc) is 2.04. The Kier molecular flexibility index (Phi) is 1.60. The molecule has 1 nitrogen and oxygen atoms in total. The number of pyridine rings is 1. The lowest BCUT2D eigenvalue weighted by atomic mass is 9.90. The van der Waals surface area contributed by atoms with Gasteiger partial charge in [0.05, 0.1) is 0 Å². The van der Waals surface area contributed by atoms with Crippen LogP contribution in [0.2, 0.25) is 0 Å². The third-order valence-electron chi connectivity index (χ3n) is 2.24. The monoisotopic (exact) mass is 169 g/mol. The van der Waals surface area contributed by atoms with Crippen molar-refractivity contribution in [2.75, 3.05) is 0 Å². The molecule has 0 spiro atoms. The number of hydrogen-bond donors (Lipinski definition) is 0. The van der Waals surface area contributed by atoms with Gasteiger partial charge in [0, 0.05) is 24.4 Å². The Morgan fingerprint density at radius 2 is 2.25 bits per heavy atom. The molecule has 0 aliphatic heterocycles. The molecule has 1 aromatic heterocycles. The van der Waals surface area contributed by atoms with Crippen LogP contribution >= 0.6 is 0 Å². The molecule has 0 amide bonds. The second-order valence-electron chi connectivity index (χ2n) is 3.09. The minimum absolute atomic E-state index is 0.0360. The molecule has 0 radical (unpaired) electrons. The molecule has 0 saturated heterocycles. The summed E-state index contributed by atoms with van der Waals surface area (Å²) >= 11 is 0. The standard InChI is InChI=1S/C9H9F2N/c10-9(11)4-1-2-7-3-5-12-6-8(7)9/h3,5-6H,1-2,4H2. The largest absolute Gasteiger partial charge is 0.275 e. The number of alkyl halides is 2. The van der Waals surface area contributed by atoms with Crippen molar-refractivity contribution in [3.05, 3.63) is 29.6 Å². The van der Waals surface area contributed by atoms with Gasteiger partial charge in [0.1, 0.15) is 0 Å². The summed E-state index contributed by atoms with van der Waals surface area (Å²) in [5.74, 6) is -2.65. The van der Waals surface area contributed by atoms with Gasteiger partial charge in [-0.1, -0.05) is 0 Å². The van der Waals surface area contributed by atoms with Gasteiger partial charge in [-0.15, -0.1) is 0 Å². The zero-order valence-corrected chi connectivity index (χ0v) is 6.56. The van der Waals surface area contributed by atoms with Crippen molar-refractivity contribution in [1.82, 2.24) is 4.98 Å². The lowest BCUT2D eigenvalue weighted by molar-refractivity contribution is -0.0220. The maximum atomic E-state index is 13.2. The molecule has 64 valence electrons. The first-order valence-corrected chi connectivity index (χ1v) is 4.01. The topological polar surface area (TPSA) is 12.9 Å². The predicted octanol–water partition coefficient (Wildman–Crippen LogP) is 2.51. The van der Waals surface area contributed by atoms with Gasteiger partial charge in [-0.25, -0.2) is 8.78 Å². The van der Waals surface area contributed by atoms with Crippen LogP contribution < -0.4 is 0 Å². The Hall–Kier alpha value is -0.990. The van der Waals surface area contributed by atoms with Crippen molar-refractivity contribution >= 4 is 0 Å². The zero-order chi connectivity index (χ0) is 8.60. The third-order valence-corrected chi connectivity index (χ3v) is 2.24. The highest BCUT2D eigenvalue weighted by Gasteiger charge is 2.36. The molecule has 0 saturated carbocycles. The minimum atomic E-state index is -2.65. The fourth-order valence-corrected chi connectivity index (χ4v) is 1.61. The summed E-state index contributed by atoms with van der Waals surface area (Å²) < 4.78 is 26.3. The molecule has 0 atom stereocenters. The summed E-state index contributed by atoms with van der Waals surface area (Å²) in [7, 11) is 0. The van der Waals surface area contributed by atoms with Crippen LogP contribution in [0.5, 0.6) is 0 Å². The lowest BCUT2D eigenvalue weighted by Crippen LogP contribution is -2.20. The summed E-state index contributed by atoms with van der Waals surface area (Å²) in [5, 5.41) is 0. The van der Waals surface area contributed by atoms with Gasteiger partial charge in [0.15, 0.2) is 0 Å². The molecule has 0 N–H and O–H groups in total. The quantitative estimate of drug-likeness (QED) is 0.581. The Labute approximate surface area is 69.4 Å². The first-order valence-electron chi connectivity index (χ1n) is 4.01. The molecule has 1 heterocycles. The number of fused-ring (bicyclic) bond motifs is 1. The zero-order valence-electron chi connectivity index (χ0n) is 6.56. The highest BCUT2D eigenvalue weighted by Crippen LogP contribution is 2.38. The first kappa shape index (κ1) is 7.65. The van der Waals surface area contributed by atoms with Crippen molar-refractivity contribution in [3.63, 3.8) is 0 Å². The van der Waals surface area contributed by atoms with Crippen LogP contribution in [-0.4, -0.2) is 4.98 Å². The maximum absolute atomic E-state index is 13.2. The molecule has 0 unspecified atom stereocenters. The SMILES string of the molecule is FC1(F)CCCc2ccncc21. The number of nitrogens with zero attached hydrogens (tertiary/aromatic N) is 1. The van der Waals surface area contributed by atoms with E-state index in [1.807, 2.05) is 0 Å². The van der Waals surface area contributed by atoms with E-state index in [4.69, 9.17) is 0 Å². The molecule has 0 aromatic carbocycles. The summed E-state index contributed by atoms with van der Waals surface area (Å²) in [6.45, 7) is 0. The van der Waals surface area contributed by atoms with E-state index in [-0.39, 0.29) is 12.0 Å². The Morgan fingerprint density at radius 3 is 3.00 bits per heavy atom. The van der Waals surface area contributed by atoms with E-state index in [2.05, 4.69) is 4.98 Å². The Morgan fingerprint density at radius 1 is 1.42 bits per heavy atom. The molecular formula is C9H9F2N. The van der Waals surface area contributed by atoms with E-state index in [0.29, 0.717) is 6.42 Å². The first-order chi connectivity index (χ1) is 5.70. The van der Waals surface area contributed by atoms with Crippen molar-refractivity contribution < 1.29 is 8.78 Å². The molecular weight excluding hydrogens is 160 g/mol. The van der Waals surface area contributed by atoms with Crippen LogP contribution in [0, 0.1) is 0 Å². The second kappa shape index (κ2) is 2.51. The Bertz CT molecular complexity index is 296. The number of hydrogen-bond acceptors (Lipinski definition) is 1. The van der Waals surface area contributed by atoms with Gasteiger partial charge in [0.2, 0.25) is 0 Å². The smallest absolute Gasteiger partial charge is 0.264 e. The van der Waals surface area contributed by atoms with Crippen LogP contribution in [0.3, 0.4) is 0 Å². The molecule has 0 fully saturated rings. The predicted molar refractivity (Wildman–Crippen MR) is 41.1 cm³/mol. The van der Waals surface area contributed by atoms with Crippen LogP contribution in [0.25, 0.3) is 0 Å². The van der Waals surface area contributed by atoms with Crippen LogP contribution in [0.4, 0.5) is 8.78 Å². The summed E-state index contributed by atoms with van der Waals surface area (Å²) in [5.41, 5.74) is 0.873. The van der Waals surface area contributed by atoms with Gasteiger partial charge < -0.3 is 0 Å². The molecule has 1 aromatic rings. The van der Waals surface area contributed by atoms with Gasteiger partial charge >= 0.3 is 0 Å². The fourth-order valence-electron chi connectivity index (χ4n) is 1.61. The van der Waals surface area contributed by atoms with E-state index < -0.39 is 5.92 Å². The van der Waals surface area contributed by atoms with E-state index >= 15 is 0 Å². The van der Waals surface area contributed by atoms with E-state index in [9.17, 15) is 8.78 Å². The van der Waals surface area contributed by atoms with Crippen LogP contribution in [0.15, 0.2) is 18.5 Å². The number of rotatable bonds is 0. The van der Waals surface area contributed by atoms with Crippen molar-refractivity contribution in [2.24, 2.45) is 0 Å². The van der Waals surface area contributed by atoms with Crippen LogP contribution in [-0.2, 0) is 12.3 Å². The highest BCUT2D eigenvalue weighted by atomic mass is 19.3. The second-order valence-corrected chi connectivity index (χ2v) is 3.09. The van der Waals surface area contributed by atoms with Gasteiger partial charge in [-0.2, -0.15) is 0 Å². The normalized spacial score (nSPS) is 20.2. The Balaban J connectivity index is 2.52. The maximum Gasteiger partial charge on any atom is 0.275 e. The van der Waals surface area contributed by atoms with Gasteiger partial charge in [-0.05, 0) is 24.5 Å². The number of aryl methyl sites for hydroxylation is 1. The number of halogens is 2. The van der Waals surface area contributed by atoms with Gasteiger partial charge in [-0.3, -0.25) is 4.98 Å². The van der Waals surface area contributed by atoms with Crippen molar-refractivity contribution in [1.29, 1.82) is 0 Å². The minimum Gasteiger partial charge on any atom is -0.264 e. The van der Waals surface area contributed by atoms with E-state index in [0.717, 1.165) is 12.0 Å². The fraction of sp³-hybridized carbons (Fsp3) is 0.444. The lowest BCUT2D eigenvalue weighted by Gasteiger charge is -2.24. The third kappa shape index (κ3) is 1.09. The molecule has 3 heteroatoms. The van der Waals surface area contributed by atoms with Crippen molar-refractivity contribution in [3.8, 4) is 0 Å². The van der Waals surface area contributed by atoms with E-state index in [1.54, 1.807) is 12.3 Å². The van der Waals surface area contributed by atoms with Crippen molar-refractivity contribution in [2.45, 2.75) is 25.2 Å². The van der Waals surface area contributed by atoms with Crippen LogP contribution in [0.1, 0.15) is 24.0 Å². The molecule has 0 bridgehead atoms. The van der Waals surface area contributed by atoms with Gasteiger partial charge in [0.25, 0.3) is 5.92 Å². The highest BCUT2D eigenvalue weighted by molar-refractivity contribution is 5.29. The number of aromatic nitrogens is 1. The molecule has 2 rings (SSSR count). The van der Waals surface area contributed by atoms with E-state index in [1.165, 1.54) is 6.20 Å². The molecule has 1 aliphatic carbocycles. The summed E-state index contributed by atoms with van der Waals surface area (Å²) in [6.07, 6.45) is 4.15.